The van der Waals surface area contributed by atoms with Crippen LogP contribution >= 0.6 is 0 Å². The highest BCUT2D eigenvalue weighted by Crippen LogP contribution is 2.18. The van der Waals surface area contributed by atoms with Crippen LogP contribution in [0, 0.1) is 5.92 Å². The first-order valence-corrected chi connectivity index (χ1v) is 6.34. The Balaban J connectivity index is 2.53. The lowest BCUT2D eigenvalue weighted by Gasteiger charge is -2.35. The molecule has 1 heterocycles. The van der Waals surface area contributed by atoms with Crippen molar-refractivity contribution in [1.82, 2.24) is 15.1 Å². The van der Waals surface area contributed by atoms with Crippen molar-refractivity contribution in [2.45, 2.75) is 25.8 Å². The van der Waals surface area contributed by atoms with Crippen LogP contribution in [0.1, 0.15) is 19.8 Å². The molecule has 0 aromatic rings. The van der Waals surface area contributed by atoms with E-state index in [1.165, 1.54) is 18.9 Å². The number of urea groups is 1. The van der Waals surface area contributed by atoms with Crippen LogP contribution in [-0.4, -0.2) is 66.0 Å². The third-order valence-electron chi connectivity index (χ3n) is 3.62. The molecule has 0 aliphatic carbocycles. The van der Waals surface area contributed by atoms with Crippen molar-refractivity contribution in [1.29, 1.82) is 0 Å². The van der Waals surface area contributed by atoms with Crippen molar-refractivity contribution in [3.63, 3.8) is 0 Å². The van der Waals surface area contributed by atoms with Crippen molar-refractivity contribution < 1.29 is 19.5 Å². The van der Waals surface area contributed by atoms with Gasteiger partial charge in [-0.2, -0.15) is 0 Å². The number of nitrogens with one attached hydrogen (secondary N) is 1. The fraction of sp³-hybridized carbons (Fsp3) is 0.750. The van der Waals surface area contributed by atoms with Gasteiger partial charge in [-0.05, 0) is 19.8 Å². The lowest BCUT2D eigenvalue weighted by atomic mass is 9.96. The fourth-order valence-electron chi connectivity index (χ4n) is 2.09. The van der Waals surface area contributed by atoms with Gasteiger partial charge in [-0.1, -0.05) is 0 Å². The number of carboxylic acids is 1. The number of carbonyl (C=O) groups is 3. The van der Waals surface area contributed by atoms with Crippen LogP contribution in [0.25, 0.3) is 0 Å². The molecule has 1 unspecified atom stereocenters. The largest absolute Gasteiger partial charge is 0.480 e. The second-order valence-electron chi connectivity index (χ2n) is 4.78. The van der Waals surface area contributed by atoms with Crippen LogP contribution in [0.4, 0.5) is 4.79 Å². The highest BCUT2D eigenvalue weighted by Gasteiger charge is 2.30. The Morgan fingerprint density at radius 1 is 1.32 bits per heavy atom. The van der Waals surface area contributed by atoms with Gasteiger partial charge >= 0.3 is 12.0 Å². The molecule has 0 radical (unpaired) electrons. The molecule has 0 saturated carbocycles. The van der Waals surface area contributed by atoms with Crippen molar-refractivity contribution in [2.75, 3.05) is 27.2 Å². The lowest BCUT2D eigenvalue weighted by Crippen LogP contribution is -2.51. The molecule has 1 atom stereocenters. The summed E-state index contributed by atoms with van der Waals surface area (Å²) in [4.78, 5) is 37.2. The molecule has 0 aromatic carbocycles. The molecule has 1 saturated heterocycles. The van der Waals surface area contributed by atoms with Gasteiger partial charge in [-0.25, -0.2) is 9.59 Å². The van der Waals surface area contributed by atoms with Crippen molar-refractivity contribution in [3.05, 3.63) is 0 Å². The van der Waals surface area contributed by atoms with Crippen LogP contribution in [0.3, 0.4) is 0 Å². The second kappa shape index (κ2) is 6.40. The molecule has 0 spiro atoms. The number of likely N-dealkylation sites (N-methyl/N-ethyl adjacent to an activating group) is 1. The maximum absolute atomic E-state index is 12.1. The number of hydrogen-bond acceptors (Lipinski definition) is 3. The molecule has 1 fully saturated rings. The predicted octanol–water partition coefficient (Wildman–Crippen LogP) is -0.0307. The van der Waals surface area contributed by atoms with Gasteiger partial charge in [0.15, 0.2) is 0 Å². The Hall–Kier alpha value is -1.79. The maximum Gasteiger partial charge on any atom is 0.326 e. The molecule has 1 aliphatic rings. The van der Waals surface area contributed by atoms with Gasteiger partial charge in [-0.3, -0.25) is 4.79 Å². The highest BCUT2D eigenvalue weighted by atomic mass is 16.4. The molecule has 7 nitrogen and oxygen atoms in total. The van der Waals surface area contributed by atoms with E-state index in [2.05, 4.69) is 5.32 Å². The van der Waals surface area contributed by atoms with Crippen molar-refractivity contribution in [2.24, 2.45) is 5.92 Å². The van der Waals surface area contributed by atoms with E-state index in [1.807, 2.05) is 0 Å². The van der Waals surface area contributed by atoms with Crippen LogP contribution in [-0.2, 0) is 9.59 Å². The summed E-state index contributed by atoms with van der Waals surface area (Å²) >= 11 is 0. The van der Waals surface area contributed by atoms with Gasteiger partial charge in [-0.15, -0.1) is 0 Å². The number of aliphatic carboxylic acids is 1. The molecule has 2 N–H and O–H groups in total. The van der Waals surface area contributed by atoms with Gasteiger partial charge in [0.1, 0.15) is 6.04 Å². The second-order valence-corrected chi connectivity index (χ2v) is 4.78. The quantitative estimate of drug-likeness (QED) is 0.754. The molecule has 19 heavy (non-hydrogen) atoms. The average Bonchev–Trinajstić information content (AvgIpc) is 2.44. The average molecular weight is 271 g/mol. The smallest absolute Gasteiger partial charge is 0.326 e. The van der Waals surface area contributed by atoms with Gasteiger partial charge in [0.25, 0.3) is 0 Å². The molecule has 108 valence electrons. The number of carbonyl (C=O) groups excluding carboxylic acids is 2. The van der Waals surface area contributed by atoms with Crippen molar-refractivity contribution >= 4 is 17.9 Å². The summed E-state index contributed by atoms with van der Waals surface area (Å²) in [6, 6.07) is -1.16. The third kappa shape index (κ3) is 3.59. The van der Waals surface area contributed by atoms with Gasteiger partial charge in [0, 0.05) is 33.1 Å². The normalized spacial score (nSPS) is 17.7. The molecule has 3 amide bonds. The van der Waals surface area contributed by atoms with Gasteiger partial charge in [0.05, 0.1) is 0 Å². The number of rotatable bonds is 3. The number of likely N-dealkylation sites (tertiary alicyclic amines) is 1. The SMILES string of the molecule is CNC(=O)C1CCN(C(=O)N(C)C(C)C(=O)O)CC1. The standard InChI is InChI=1S/C12H21N3O4/c1-8(11(17)18)14(3)12(19)15-6-4-9(5-7-15)10(16)13-2/h8-9H,4-7H2,1-3H3,(H,13,16)(H,17,18). The van der Waals surface area contributed by atoms with E-state index in [4.69, 9.17) is 5.11 Å². The highest BCUT2D eigenvalue weighted by molar-refractivity contribution is 5.82. The minimum Gasteiger partial charge on any atom is -0.480 e. The predicted molar refractivity (Wildman–Crippen MR) is 68.6 cm³/mol. The van der Waals surface area contributed by atoms with E-state index in [9.17, 15) is 14.4 Å². The van der Waals surface area contributed by atoms with E-state index in [-0.39, 0.29) is 17.9 Å². The summed E-state index contributed by atoms with van der Waals surface area (Å²) in [5, 5.41) is 11.5. The molecule has 0 bridgehead atoms. The fourth-order valence-corrected chi connectivity index (χ4v) is 2.09. The maximum atomic E-state index is 12.1. The summed E-state index contributed by atoms with van der Waals surface area (Å²) in [6.07, 6.45) is 1.22. The first-order chi connectivity index (χ1) is 8.88. The number of nitrogens with zero attached hydrogens (tertiary/aromatic N) is 2. The van der Waals surface area contributed by atoms with E-state index >= 15 is 0 Å². The summed E-state index contributed by atoms with van der Waals surface area (Å²) in [5.41, 5.74) is 0. The Labute approximate surface area is 112 Å². The Morgan fingerprint density at radius 2 is 1.84 bits per heavy atom. The topological polar surface area (TPSA) is 90.0 Å². The summed E-state index contributed by atoms with van der Waals surface area (Å²) in [5.74, 6) is -1.09. The van der Waals surface area contributed by atoms with Gasteiger partial charge < -0.3 is 20.2 Å². The minimum absolute atomic E-state index is 0.000595. The summed E-state index contributed by atoms with van der Waals surface area (Å²) in [7, 11) is 3.08. The minimum atomic E-state index is -1.03. The zero-order valence-electron chi connectivity index (χ0n) is 11.5. The zero-order valence-corrected chi connectivity index (χ0v) is 11.5. The molecular formula is C12H21N3O4. The first kappa shape index (κ1) is 15.3. The third-order valence-corrected chi connectivity index (χ3v) is 3.62. The van der Waals surface area contributed by atoms with E-state index in [0.29, 0.717) is 25.9 Å². The van der Waals surface area contributed by atoms with E-state index in [0.717, 1.165) is 0 Å². The zero-order chi connectivity index (χ0) is 14.6. The van der Waals surface area contributed by atoms with Crippen LogP contribution in [0.15, 0.2) is 0 Å². The summed E-state index contributed by atoms with van der Waals surface area (Å²) in [6.45, 7) is 2.43. The Bertz CT molecular complexity index is 364. The van der Waals surface area contributed by atoms with Crippen LogP contribution in [0.5, 0.6) is 0 Å². The molecule has 7 heteroatoms. The molecular weight excluding hydrogens is 250 g/mol. The molecule has 1 aliphatic heterocycles. The summed E-state index contributed by atoms with van der Waals surface area (Å²) < 4.78 is 0. The Kier molecular flexibility index (Phi) is 5.14. The lowest BCUT2D eigenvalue weighted by molar-refractivity contribution is -0.141. The van der Waals surface area contributed by atoms with Crippen LogP contribution < -0.4 is 5.32 Å². The number of amides is 3. The van der Waals surface area contributed by atoms with Crippen LogP contribution in [0.2, 0.25) is 0 Å². The van der Waals surface area contributed by atoms with Gasteiger partial charge in [0.2, 0.25) is 5.91 Å². The van der Waals surface area contributed by atoms with E-state index < -0.39 is 12.0 Å². The first-order valence-electron chi connectivity index (χ1n) is 6.34. The molecule has 0 aromatic heterocycles. The number of carboxylic acid groups (broad SMARTS) is 1. The number of piperidine rings is 1. The van der Waals surface area contributed by atoms with Crippen molar-refractivity contribution in [3.8, 4) is 0 Å². The molecule has 1 rings (SSSR count). The number of hydrogen-bond donors (Lipinski definition) is 2. The monoisotopic (exact) mass is 271 g/mol. The Morgan fingerprint density at radius 3 is 2.26 bits per heavy atom. The van der Waals surface area contributed by atoms with E-state index in [1.54, 1.807) is 11.9 Å².